The van der Waals surface area contributed by atoms with Crippen molar-refractivity contribution >= 4 is 45.5 Å². The Morgan fingerprint density at radius 2 is 1.81 bits per heavy atom. The van der Waals surface area contributed by atoms with E-state index < -0.39 is 6.03 Å². The summed E-state index contributed by atoms with van der Waals surface area (Å²) in [6.45, 7) is 8.02. The Morgan fingerprint density at radius 1 is 1.00 bits per heavy atom. The van der Waals surface area contributed by atoms with Crippen molar-refractivity contribution in [1.29, 1.82) is 0 Å². The molecule has 12 heteroatoms. The Hall–Kier alpha value is -5.52. The van der Waals surface area contributed by atoms with E-state index in [0.29, 0.717) is 50.9 Å². The molecule has 0 saturated carbocycles. The maximum atomic E-state index is 13.4. The number of anilines is 3. The van der Waals surface area contributed by atoms with E-state index in [1.54, 1.807) is 38.5 Å². The van der Waals surface area contributed by atoms with Gasteiger partial charge in [0.05, 0.1) is 11.2 Å². The summed E-state index contributed by atoms with van der Waals surface area (Å²) in [5.41, 5.74) is 5.86. The van der Waals surface area contributed by atoms with Crippen molar-refractivity contribution in [1.82, 2.24) is 29.3 Å². The number of urea groups is 1. The van der Waals surface area contributed by atoms with Gasteiger partial charge in [-0.3, -0.25) is 14.0 Å². The van der Waals surface area contributed by atoms with Crippen molar-refractivity contribution in [3.05, 3.63) is 77.2 Å². The number of rotatable bonds is 5. The molecule has 43 heavy (non-hydrogen) atoms. The number of hydrogen-bond donors (Lipinski definition) is 3. The lowest BCUT2D eigenvalue weighted by Crippen LogP contribution is -2.22. The van der Waals surface area contributed by atoms with Gasteiger partial charge in [-0.05, 0) is 75.2 Å². The molecule has 12 nitrogen and oxygen atoms in total. The Labute approximate surface area is 246 Å². The SMILES string of the molecule is CNc1ncc2cc(-c3cc(NC(=O)Nc4cn(C(C)(C)C)nc4-c4ccc5ocnc5c4)ccc3C)c(=O)n(C)c2n1. The molecular weight excluding hydrogens is 546 g/mol. The number of fused-ring (bicyclic) bond motifs is 2. The van der Waals surface area contributed by atoms with Crippen molar-refractivity contribution in [3.63, 3.8) is 0 Å². The fourth-order valence-electron chi connectivity index (χ4n) is 4.86. The molecule has 6 rings (SSSR count). The lowest BCUT2D eigenvalue weighted by Gasteiger charge is -2.18. The van der Waals surface area contributed by atoms with Crippen LogP contribution in [0.5, 0.6) is 0 Å². The van der Waals surface area contributed by atoms with Gasteiger partial charge in [0.2, 0.25) is 5.95 Å². The Balaban J connectivity index is 1.32. The molecule has 6 aromatic rings. The molecule has 0 aliphatic carbocycles. The van der Waals surface area contributed by atoms with E-state index in [4.69, 9.17) is 9.52 Å². The van der Waals surface area contributed by atoms with E-state index in [1.165, 1.54) is 11.0 Å². The maximum absolute atomic E-state index is 13.4. The summed E-state index contributed by atoms with van der Waals surface area (Å²) in [5, 5.41) is 14.3. The third-order valence-corrected chi connectivity index (χ3v) is 7.21. The summed E-state index contributed by atoms with van der Waals surface area (Å²) in [7, 11) is 3.40. The van der Waals surface area contributed by atoms with Crippen LogP contribution in [-0.4, -0.2) is 42.4 Å². The minimum Gasteiger partial charge on any atom is -0.443 e. The molecule has 4 heterocycles. The third-order valence-electron chi connectivity index (χ3n) is 7.21. The van der Waals surface area contributed by atoms with E-state index in [0.717, 1.165) is 16.5 Å². The predicted molar refractivity (Wildman–Crippen MR) is 167 cm³/mol. The third kappa shape index (κ3) is 5.18. The van der Waals surface area contributed by atoms with Crippen LogP contribution >= 0.6 is 0 Å². The quantitative estimate of drug-likeness (QED) is 0.235. The molecule has 0 fully saturated rings. The van der Waals surface area contributed by atoms with E-state index in [2.05, 4.69) is 30.9 Å². The van der Waals surface area contributed by atoms with Gasteiger partial charge in [-0.1, -0.05) is 6.07 Å². The molecule has 3 N–H and O–H groups in total. The topological polar surface area (TPSA) is 145 Å². The zero-order chi connectivity index (χ0) is 30.5. The number of aryl methyl sites for hydroxylation is 2. The zero-order valence-corrected chi connectivity index (χ0v) is 24.7. The van der Waals surface area contributed by atoms with Gasteiger partial charge in [0.25, 0.3) is 5.56 Å². The average Bonchev–Trinajstić information content (AvgIpc) is 3.62. The molecule has 0 bridgehead atoms. The predicted octanol–water partition coefficient (Wildman–Crippen LogP) is 5.75. The van der Waals surface area contributed by atoms with Crippen molar-refractivity contribution in [2.75, 3.05) is 23.0 Å². The molecule has 0 saturated heterocycles. The fourth-order valence-corrected chi connectivity index (χ4v) is 4.86. The highest BCUT2D eigenvalue weighted by molar-refractivity contribution is 6.02. The van der Waals surface area contributed by atoms with Crippen LogP contribution in [0.4, 0.5) is 22.1 Å². The summed E-state index contributed by atoms with van der Waals surface area (Å²) in [6.07, 6.45) is 4.88. The number of carbonyl (C=O) groups excluding carboxylic acids is 1. The van der Waals surface area contributed by atoms with Crippen molar-refractivity contribution < 1.29 is 9.21 Å². The van der Waals surface area contributed by atoms with Gasteiger partial charge < -0.3 is 20.4 Å². The van der Waals surface area contributed by atoms with Gasteiger partial charge in [-0.2, -0.15) is 10.1 Å². The molecule has 218 valence electrons. The molecule has 0 unspecified atom stereocenters. The molecule has 0 aliphatic rings. The molecule has 0 spiro atoms. The summed E-state index contributed by atoms with van der Waals surface area (Å²) < 4.78 is 8.69. The van der Waals surface area contributed by atoms with Crippen LogP contribution in [0.2, 0.25) is 0 Å². The van der Waals surface area contributed by atoms with Crippen LogP contribution in [-0.2, 0) is 12.6 Å². The second-order valence-corrected chi connectivity index (χ2v) is 11.3. The molecule has 0 atom stereocenters. The number of nitrogens with one attached hydrogen (secondary N) is 3. The highest BCUT2D eigenvalue weighted by Crippen LogP contribution is 2.32. The van der Waals surface area contributed by atoms with Crippen LogP contribution in [0.15, 0.2) is 70.5 Å². The highest BCUT2D eigenvalue weighted by atomic mass is 16.3. The first kappa shape index (κ1) is 27.6. The van der Waals surface area contributed by atoms with Crippen molar-refractivity contribution in [2.45, 2.75) is 33.2 Å². The van der Waals surface area contributed by atoms with Gasteiger partial charge in [0, 0.05) is 48.7 Å². The molecular formula is C31H31N9O3. The molecule has 0 radical (unpaired) electrons. The Morgan fingerprint density at radius 3 is 2.58 bits per heavy atom. The first-order valence-electron chi connectivity index (χ1n) is 13.7. The number of oxazole rings is 1. The van der Waals surface area contributed by atoms with E-state index in [-0.39, 0.29) is 11.1 Å². The first-order chi connectivity index (χ1) is 20.5. The van der Waals surface area contributed by atoms with Gasteiger partial charge in [-0.15, -0.1) is 0 Å². The van der Waals surface area contributed by atoms with Gasteiger partial charge in [0.1, 0.15) is 16.9 Å². The zero-order valence-electron chi connectivity index (χ0n) is 24.7. The number of carbonyl (C=O) groups is 1. The smallest absolute Gasteiger partial charge is 0.323 e. The van der Waals surface area contributed by atoms with Crippen LogP contribution in [0.3, 0.4) is 0 Å². The standard InChI is InChI=1S/C31H31N9O3/c1-17-7-9-20(13-21(17)22-11-19-14-33-29(32-5)37-27(19)39(6)28(22)41)35-30(42)36-24-15-40(31(2,3)4)38-26(24)18-8-10-25-23(12-18)34-16-43-25/h7-16H,1-6H3,(H,32,33,37)(H2,35,36,42). The number of pyridine rings is 1. The maximum Gasteiger partial charge on any atom is 0.323 e. The van der Waals surface area contributed by atoms with E-state index in [9.17, 15) is 9.59 Å². The van der Waals surface area contributed by atoms with Crippen LogP contribution in [0.1, 0.15) is 26.3 Å². The molecule has 2 amide bonds. The lowest BCUT2D eigenvalue weighted by atomic mass is 10.00. The molecule has 0 aliphatic heterocycles. The minimum atomic E-state index is -0.452. The molecule has 4 aromatic heterocycles. The molecule has 2 aromatic carbocycles. The van der Waals surface area contributed by atoms with Crippen LogP contribution in [0, 0.1) is 6.92 Å². The normalized spacial score (nSPS) is 11.7. The van der Waals surface area contributed by atoms with E-state index in [1.807, 2.05) is 62.8 Å². The van der Waals surface area contributed by atoms with Gasteiger partial charge >= 0.3 is 6.03 Å². The second kappa shape index (κ2) is 10.4. The second-order valence-electron chi connectivity index (χ2n) is 11.3. The first-order valence-corrected chi connectivity index (χ1v) is 13.7. The largest absolute Gasteiger partial charge is 0.443 e. The monoisotopic (exact) mass is 577 g/mol. The van der Waals surface area contributed by atoms with Crippen LogP contribution in [0.25, 0.3) is 44.5 Å². The summed E-state index contributed by atoms with van der Waals surface area (Å²) in [6, 6.07) is 12.4. The number of benzene rings is 2. The van der Waals surface area contributed by atoms with Gasteiger partial charge in [0.15, 0.2) is 12.0 Å². The summed E-state index contributed by atoms with van der Waals surface area (Å²) >= 11 is 0. The number of hydrogen-bond acceptors (Lipinski definition) is 8. The number of nitrogens with zero attached hydrogens (tertiary/aromatic N) is 6. The van der Waals surface area contributed by atoms with Gasteiger partial charge in [-0.25, -0.2) is 14.8 Å². The lowest BCUT2D eigenvalue weighted by molar-refractivity contribution is 0.262. The number of aromatic nitrogens is 6. The minimum absolute atomic E-state index is 0.207. The van der Waals surface area contributed by atoms with Crippen LogP contribution < -0.4 is 21.5 Å². The van der Waals surface area contributed by atoms with Crippen molar-refractivity contribution in [2.24, 2.45) is 7.05 Å². The number of amides is 2. The van der Waals surface area contributed by atoms with E-state index >= 15 is 0 Å². The summed E-state index contributed by atoms with van der Waals surface area (Å²) in [5.74, 6) is 0.429. The Kier molecular flexibility index (Phi) is 6.68. The fraction of sp³-hybridized carbons (Fsp3) is 0.226. The van der Waals surface area contributed by atoms with Crippen molar-refractivity contribution in [3.8, 4) is 22.4 Å². The Bertz CT molecular complexity index is 2080. The average molecular weight is 578 g/mol. The highest BCUT2D eigenvalue weighted by Gasteiger charge is 2.21. The summed E-state index contributed by atoms with van der Waals surface area (Å²) in [4.78, 5) is 39.7.